The highest BCUT2D eigenvalue weighted by Gasteiger charge is 2.08. The van der Waals surface area contributed by atoms with Crippen molar-refractivity contribution in [1.29, 1.82) is 0 Å². The number of carbonyl (C=O) groups excluding carboxylic acids is 1. The van der Waals surface area contributed by atoms with Gasteiger partial charge in [-0.1, -0.05) is 42.5 Å². The molecule has 0 saturated heterocycles. The number of aromatic nitrogens is 3. The van der Waals surface area contributed by atoms with E-state index in [-0.39, 0.29) is 5.91 Å². The minimum Gasteiger partial charge on any atom is -0.487 e. The van der Waals surface area contributed by atoms with Crippen molar-refractivity contribution in [2.75, 3.05) is 7.05 Å². The SMILES string of the molecule is Cc1nc(COc2ccc(/C=C/C(=O)N(C)Cc3cnn(Cc4ccccc4)c3)cc2)cs1. The largest absolute Gasteiger partial charge is 0.487 e. The second-order valence-electron chi connectivity index (χ2n) is 7.77. The second-order valence-corrected chi connectivity index (χ2v) is 8.84. The normalized spacial score (nSPS) is 11.1. The number of ether oxygens (including phenoxy) is 1. The van der Waals surface area contributed by atoms with Crippen LogP contribution in [0.4, 0.5) is 0 Å². The molecule has 0 saturated carbocycles. The molecule has 0 unspecified atom stereocenters. The highest BCUT2D eigenvalue weighted by molar-refractivity contribution is 7.09. The number of nitrogens with zero attached hydrogens (tertiary/aromatic N) is 4. The van der Waals surface area contributed by atoms with E-state index in [2.05, 4.69) is 22.2 Å². The van der Waals surface area contributed by atoms with Gasteiger partial charge in [-0.05, 0) is 36.3 Å². The molecule has 0 radical (unpaired) electrons. The van der Waals surface area contributed by atoms with E-state index in [0.29, 0.717) is 19.7 Å². The van der Waals surface area contributed by atoms with Crippen molar-refractivity contribution in [3.05, 3.63) is 106 Å². The van der Waals surface area contributed by atoms with Crippen molar-refractivity contribution in [1.82, 2.24) is 19.7 Å². The number of hydrogen-bond donors (Lipinski definition) is 0. The molecule has 0 aliphatic carbocycles. The van der Waals surface area contributed by atoms with Crippen LogP contribution >= 0.6 is 11.3 Å². The maximum atomic E-state index is 12.5. The third kappa shape index (κ3) is 6.63. The smallest absolute Gasteiger partial charge is 0.246 e. The summed E-state index contributed by atoms with van der Waals surface area (Å²) in [5.74, 6) is 0.707. The van der Waals surface area contributed by atoms with E-state index >= 15 is 0 Å². The third-order valence-electron chi connectivity index (χ3n) is 5.02. The molecule has 0 aliphatic rings. The lowest BCUT2D eigenvalue weighted by atomic mass is 10.2. The lowest BCUT2D eigenvalue weighted by Crippen LogP contribution is -2.23. The molecule has 2 aromatic heterocycles. The van der Waals surface area contributed by atoms with E-state index in [9.17, 15) is 4.79 Å². The van der Waals surface area contributed by atoms with Gasteiger partial charge in [0.2, 0.25) is 5.91 Å². The molecular weight excluding hydrogens is 432 g/mol. The molecule has 168 valence electrons. The Morgan fingerprint density at radius 2 is 1.91 bits per heavy atom. The molecule has 0 fully saturated rings. The summed E-state index contributed by atoms with van der Waals surface area (Å²) in [6, 6.07) is 17.8. The van der Waals surface area contributed by atoms with Gasteiger partial charge in [0, 0.05) is 36.8 Å². The first-order chi connectivity index (χ1) is 16.0. The van der Waals surface area contributed by atoms with Gasteiger partial charge in [-0.2, -0.15) is 5.10 Å². The van der Waals surface area contributed by atoms with Crippen LogP contribution in [0.25, 0.3) is 6.08 Å². The summed E-state index contributed by atoms with van der Waals surface area (Å²) in [7, 11) is 1.79. The summed E-state index contributed by atoms with van der Waals surface area (Å²) in [5, 5.41) is 7.44. The Bertz CT molecular complexity index is 1210. The van der Waals surface area contributed by atoms with Crippen LogP contribution in [0.15, 0.2) is 78.4 Å². The van der Waals surface area contributed by atoms with Gasteiger partial charge >= 0.3 is 0 Å². The van der Waals surface area contributed by atoms with Gasteiger partial charge in [0.25, 0.3) is 0 Å². The zero-order chi connectivity index (χ0) is 23.0. The minimum atomic E-state index is -0.0648. The van der Waals surface area contributed by atoms with E-state index in [1.807, 2.05) is 77.9 Å². The predicted molar refractivity (Wildman–Crippen MR) is 131 cm³/mol. The fourth-order valence-electron chi connectivity index (χ4n) is 3.30. The van der Waals surface area contributed by atoms with Crippen LogP contribution in [0.1, 0.15) is 27.4 Å². The van der Waals surface area contributed by atoms with Gasteiger partial charge < -0.3 is 9.64 Å². The first kappa shape index (κ1) is 22.5. The first-order valence-corrected chi connectivity index (χ1v) is 11.6. The fraction of sp³-hybridized carbons (Fsp3) is 0.192. The van der Waals surface area contributed by atoms with Crippen molar-refractivity contribution in [2.45, 2.75) is 26.6 Å². The summed E-state index contributed by atoms with van der Waals surface area (Å²) in [6.07, 6.45) is 7.18. The van der Waals surface area contributed by atoms with E-state index in [1.165, 1.54) is 5.56 Å². The number of thiazole rings is 1. The molecule has 2 aromatic carbocycles. The topological polar surface area (TPSA) is 60.2 Å². The van der Waals surface area contributed by atoms with Gasteiger partial charge in [0.1, 0.15) is 12.4 Å². The van der Waals surface area contributed by atoms with Gasteiger partial charge in [-0.3, -0.25) is 9.48 Å². The predicted octanol–water partition coefficient (Wildman–Crippen LogP) is 4.95. The number of hydrogen-bond acceptors (Lipinski definition) is 5. The molecule has 33 heavy (non-hydrogen) atoms. The molecule has 4 rings (SSSR count). The Hall–Kier alpha value is -3.71. The molecular formula is C26H26N4O2S. The summed E-state index contributed by atoms with van der Waals surface area (Å²) >= 11 is 1.61. The Labute approximate surface area is 197 Å². The average Bonchev–Trinajstić information content (AvgIpc) is 3.45. The highest BCUT2D eigenvalue weighted by Crippen LogP contribution is 2.16. The molecule has 0 bridgehead atoms. The van der Waals surface area contributed by atoms with Gasteiger partial charge in [0.05, 0.1) is 23.4 Å². The number of carbonyl (C=O) groups is 1. The van der Waals surface area contributed by atoms with Crippen molar-refractivity contribution < 1.29 is 9.53 Å². The number of aryl methyl sites for hydroxylation is 1. The van der Waals surface area contributed by atoms with Gasteiger partial charge in [0.15, 0.2) is 0 Å². The second kappa shape index (κ2) is 10.7. The Morgan fingerprint density at radius 1 is 1.12 bits per heavy atom. The third-order valence-corrected chi connectivity index (χ3v) is 5.84. The maximum Gasteiger partial charge on any atom is 0.246 e. The molecule has 4 aromatic rings. The number of rotatable bonds is 9. The van der Waals surface area contributed by atoms with Crippen LogP contribution in [-0.4, -0.2) is 32.6 Å². The quantitative estimate of drug-likeness (QED) is 0.333. The monoisotopic (exact) mass is 458 g/mol. The molecule has 0 atom stereocenters. The molecule has 0 N–H and O–H groups in total. The molecule has 6 nitrogen and oxygen atoms in total. The van der Waals surface area contributed by atoms with Gasteiger partial charge in [-0.15, -0.1) is 11.3 Å². The standard InChI is InChI=1S/C26H26N4O2S/c1-20-28-24(19-33-20)18-32-25-11-8-21(9-12-25)10-13-26(31)29(2)15-23-14-27-30(17-23)16-22-6-4-3-5-7-22/h3-14,17,19H,15-16,18H2,1-2H3/b13-10+. The van der Waals surface area contributed by atoms with E-state index in [1.54, 1.807) is 29.4 Å². The van der Waals surface area contributed by atoms with Crippen molar-refractivity contribution in [3.8, 4) is 5.75 Å². The van der Waals surface area contributed by atoms with Gasteiger partial charge in [-0.25, -0.2) is 4.98 Å². The lowest BCUT2D eigenvalue weighted by molar-refractivity contribution is -0.125. The molecule has 2 heterocycles. The van der Waals surface area contributed by atoms with Crippen molar-refractivity contribution >= 4 is 23.3 Å². The average molecular weight is 459 g/mol. The minimum absolute atomic E-state index is 0.0648. The van der Waals surface area contributed by atoms with Crippen LogP contribution in [0.2, 0.25) is 0 Å². The summed E-state index contributed by atoms with van der Waals surface area (Å²) in [6.45, 7) is 3.64. The lowest BCUT2D eigenvalue weighted by Gasteiger charge is -2.13. The molecule has 1 amide bonds. The Kier molecular flexibility index (Phi) is 7.32. The number of benzene rings is 2. The van der Waals surface area contributed by atoms with Crippen molar-refractivity contribution in [2.24, 2.45) is 0 Å². The zero-order valence-corrected chi connectivity index (χ0v) is 19.5. The van der Waals surface area contributed by atoms with Crippen LogP contribution in [0.3, 0.4) is 0 Å². The van der Waals surface area contributed by atoms with Crippen LogP contribution < -0.4 is 4.74 Å². The summed E-state index contributed by atoms with van der Waals surface area (Å²) < 4.78 is 7.65. The first-order valence-electron chi connectivity index (χ1n) is 10.7. The Morgan fingerprint density at radius 3 is 2.64 bits per heavy atom. The maximum absolute atomic E-state index is 12.5. The van der Waals surface area contributed by atoms with E-state index in [4.69, 9.17) is 4.74 Å². The zero-order valence-electron chi connectivity index (χ0n) is 18.7. The van der Waals surface area contributed by atoms with Crippen LogP contribution in [0.5, 0.6) is 5.75 Å². The van der Waals surface area contributed by atoms with E-state index in [0.717, 1.165) is 27.6 Å². The Balaban J connectivity index is 1.26. The number of amides is 1. The van der Waals surface area contributed by atoms with Crippen LogP contribution in [0, 0.1) is 6.92 Å². The molecule has 0 spiro atoms. The van der Waals surface area contributed by atoms with E-state index < -0.39 is 0 Å². The summed E-state index contributed by atoms with van der Waals surface area (Å²) in [4.78, 5) is 18.6. The highest BCUT2D eigenvalue weighted by atomic mass is 32.1. The molecule has 0 aliphatic heterocycles. The summed E-state index contributed by atoms with van der Waals surface area (Å²) in [5.41, 5.74) is 4.05. The fourth-order valence-corrected chi connectivity index (χ4v) is 3.90. The molecule has 7 heteroatoms. The van der Waals surface area contributed by atoms with Crippen LogP contribution in [-0.2, 0) is 24.5 Å². The van der Waals surface area contributed by atoms with Crippen molar-refractivity contribution in [3.63, 3.8) is 0 Å². The number of likely N-dealkylation sites (N-methyl/N-ethyl adjacent to an activating group) is 1.